The van der Waals surface area contributed by atoms with E-state index >= 15 is 0 Å². The molecule has 2 heterocycles. The highest BCUT2D eigenvalue weighted by atomic mass is 16.5. The first-order chi connectivity index (χ1) is 14.1. The van der Waals surface area contributed by atoms with E-state index in [0.29, 0.717) is 23.8 Å². The third kappa shape index (κ3) is 6.85. The molecule has 1 aliphatic rings. The zero-order valence-corrected chi connectivity index (χ0v) is 17.9. The van der Waals surface area contributed by atoms with Gasteiger partial charge < -0.3 is 15.2 Å². The van der Waals surface area contributed by atoms with Gasteiger partial charge in [-0.2, -0.15) is 4.98 Å². The normalized spacial score (nSPS) is 20.6. The Morgan fingerprint density at radius 3 is 2.83 bits per heavy atom. The van der Waals surface area contributed by atoms with E-state index in [0.717, 1.165) is 57.8 Å². The van der Waals surface area contributed by atoms with Gasteiger partial charge in [0.25, 0.3) is 0 Å². The molecule has 3 rings (SSSR count). The van der Waals surface area contributed by atoms with Crippen LogP contribution >= 0.6 is 0 Å². The maximum Gasteiger partial charge on any atom is 0.226 e. The zero-order valence-electron chi connectivity index (χ0n) is 17.9. The Morgan fingerprint density at radius 1 is 1.31 bits per heavy atom. The predicted molar refractivity (Wildman–Crippen MR) is 116 cm³/mol. The van der Waals surface area contributed by atoms with E-state index in [2.05, 4.69) is 69.9 Å². The van der Waals surface area contributed by atoms with Gasteiger partial charge in [0, 0.05) is 44.7 Å². The number of benzene rings is 1. The lowest BCUT2D eigenvalue weighted by molar-refractivity contribution is 0.134. The van der Waals surface area contributed by atoms with Crippen LogP contribution in [-0.4, -0.2) is 52.7 Å². The molecule has 158 valence electrons. The lowest BCUT2D eigenvalue weighted by atomic mass is 9.97. The van der Waals surface area contributed by atoms with Crippen molar-refractivity contribution in [2.75, 3.05) is 19.6 Å². The second-order valence-electron chi connectivity index (χ2n) is 7.77. The molecular weight excluding hydrogens is 364 g/mol. The number of likely N-dealkylation sites (tertiary alicyclic amines) is 1. The molecule has 1 saturated heterocycles. The van der Waals surface area contributed by atoms with Crippen molar-refractivity contribution >= 4 is 5.96 Å². The lowest BCUT2D eigenvalue weighted by Crippen LogP contribution is -2.51. The smallest absolute Gasteiger partial charge is 0.226 e. The van der Waals surface area contributed by atoms with Crippen LogP contribution < -0.4 is 10.6 Å². The Bertz CT molecular complexity index is 760. The van der Waals surface area contributed by atoms with E-state index in [1.165, 1.54) is 5.56 Å². The number of rotatable bonds is 8. The van der Waals surface area contributed by atoms with Crippen LogP contribution in [0, 0.1) is 6.92 Å². The topological polar surface area (TPSA) is 78.6 Å². The zero-order chi connectivity index (χ0) is 20.5. The summed E-state index contributed by atoms with van der Waals surface area (Å²) < 4.78 is 5.16. The van der Waals surface area contributed by atoms with Crippen molar-refractivity contribution in [2.24, 2.45) is 4.99 Å². The average Bonchev–Trinajstić information content (AvgIpc) is 3.13. The van der Waals surface area contributed by atoms with Crippen LogP contribution in [0.15, 0.2) is 39.8 Å². The molecule has 2 unspecified atom stereocenters. The van der Waals surface area contributed by atoms with Crippen LogP contribution in [0.2, 0.25) is 0 Å². The van der Waals surface area contributed by atoms with Gasteiger partial charge >= 0.3 is 0 Å². The molecule has 1 aromatic carbocycles. The summed E-state index contributed by atoms with van der Waals surface area (Å²) in [6.45, 7) is 9.99. The molecule has 0 amide bonds. The van der Waals surface area contributed by atoms with Crippen molar-refractivity contribution in [3.63, 3.8) is 0 Å². The van der Waals surface area contributed by atoms with E-state index in [9.17, 15) is 0 Å². The number of aromatic nitrogens is 2. The van der Waals surface area contributed by atoms with Crippen LogP contribution in [0.4, 0.5) is 0 Å². The highest BCUT2D eigenvalue weighted by Gasteiger charge is 2.25. The number of nitrogens with one attached hydrogen (secondary N) is 2. The van der Waals surface area contributed by atoms with Crippen LogP contribution in [-0.2, 0) is 13.0 Å². The van der Waals surface area contributed by atoms with Crippen molar-refractivity contribution in [1.29, 1.82) is 0 Å². The first kappa shape index (κ1) is 21.3. The summed E-state index contributed by atoms with van der Waals surface area (Å²) in [5, 5.41) is 10.8. The van der Waals surface area contributed by atoms with Gasteiger partial charge in [0.2, 0.25) is 5.89 Å². The van der Waals surface area contributed by atoms with Crippen LogP contribution in [0.3, 0.4) is 0 Å². The number of aryl methyl sites for hydroxylation is 2. The Morgan fingerprint density at radius 2 is 2.14 bits per heavy atom. The summed E-state index contributed by atoms with van der Waals surface area (Å²) >= 11 is 0. The third-order valence-corrected chi connectivity index (χ3v) is 5.32. The number of hydrogen-bond acceptors (Lipinski definition) is 5. The fourth-order valence-corrected chi connectivity index (χ4v) is 3.78. The molecule has 2 aromatic rings. The van der Waals surface area contributed by atoms with Crippen molar-refractivity contribution in [3.8, 4) is 0 Å². The van der Waals surface area contributed by atoms with Gasteiger partial charge in [0.15, 0.2) is 11.8 Å². The summed E-state index contributed by atoms with van der Waals surface area (Å²) in [6.07, 6.45) is 3.91. The summed E-state index contributed by atoms with van der Waals surface area (Å²) in [5.41, 5.74) is 1.39. The number of hydrogen-bond donors (Lipinski definition) is 2. The summed E-state index contributed by atoms with van der Waals surface area (Å²) in [5.74, 6) is 2.28. The minimum atomic E-state index is 0.452. The van der Waals surface area contributed by atoms with Crippen molar-refractivity contribution < 1.29 is 4.52 Å². The molecule has 0 radical (unpaired) electrons. The number of guanidine groups is 1. The second kappa shape index (κ2) is 11.0. The SMILES string of the molecule is CCNC(=NCCCc1nc(C)no1)NC1CCN(Cc2ccccc2)C(C)C1. The third-order valence-electron chi connectivity index (χ3n) is 5.32. The fourth-order valence-electron chi connectivity index (χ4n) is 3.78. The molecule has 2 N–H and O–H groups in total. The Balaban J connectivity index is 1.45. The Labute approximate surface area is 174 Å². The fraction of sp³-hybridized carbons (Fsp3) is 0.591. The average molecular weight is 399 g/mol. The molecule has 0 saturated carbocycles. The van der Waals surface area contributed by atoms with E-state index in [1.54, 1.807) is 0 Å². The van der Waals surface area contributed by atoms with Crippen LogP contribution in [0.5, 0.6) is 0 Å². The lowest BCUT2D eigenvalue weighted by Gasteiger charge is -2.38. The van der Waals surface area contributed by atoms with Crippen molar-refractivity contribution in [2.45, 2.75) is 65.1 Å². The highest BCUT2D eigenvalue weighted by Crippen LogP contribution is 2.19. The van der Waals surface area contributed by atoms with Crippen LogP contribution in [0.1, 0.15) is 50.4 Å². The maximum absolute atomic E-state index is 5.16. The largest absolute Gasteiger partial charge is 0.357 e. The quantitative estimate of drug-likeness (QED) is 0.404. The van der Waals surface area contributed by atoms with Gasteiger partial charge in [-0.15, -0.1) is 0 Å². The number of aliphatic imine (C=N–C) groups is 1. The van der Waals surface area contributed by atoms with Gasteiger partial charge in [-0.25, -0.2) is 0 Å². The molecule has 0 bridgehead atoms. The molecule has 0 aliphatic carbocycles. The molecule has 2 atom stereocenters. The van der Waals surface area contributed by atoms with Gasteiger partial charge in [0.05, 0.1) is 0 Å². The van der Waals surface area contributed by atoms with E-state index in [1.807, 2.05) is 6.92 Å². The minimum Gasteiger partial charge on any atom is -0.357 e. The monoisotopic (exact) mass is 398 g/mol. The number of piperidine rings is 1. The van der Waals surface area contributed by atoms with Crippen LogP contribution in [0.25, 0.3) is 0 Å². The molecule has 1 aromatic heterocycles. The Kier molecular flexibility index (Phi) is 8.04. The van der Waals surface area contributed by atoms with Crippen molar-refractivity contribution in [3.05, 3.63) is 47.6 Å². The van der Waals surface area contributed by atoms with Gasteiger partial charge in [-0.05, 0) is 45.6 Å². The van der Waals surface area contributed by atoms with Gasteiger partial charge in [-0.3, -0.25) is 9.89 Å². The molecule has 1 aliphatic heterocycles. The molecule has 7 heteroatoms. The van der Waals surface area contributed by atoms with Gasteiger partial charge in [0.1, 0.15) is 0 Å². The molecule has 29 heavy (non-hydrogen) atoms. The molecule has 7 nitrogen and oxygen atoms in total. The molecular formula is C22H34N6O. The second-order valence-corrected chi connectivity index (χ2v) is 7.77. The predicted octanol–water partition coefficient (Wildman–Crippen LogP) is 2.92. The Hall–Kier alpha value is -2.41. The minimum absolute atomic E-state index is 0.452. The standard InChI is InChI=1S/C22H34N6O/c1-4-23-22(24-13-8-11-21-25-18(3)27-29-21)26-20-12-14-28(17(2)15-20)16-19-9-6-5-7-10-19/h5-7,9-10,17,20H,4,8,11-16H2,1-3H3,(H2,23,24,26). The summed E-state index contributed by atoms with van der Waals surface area (Å²) in [7, 11) is 0. The van der Waals surface area contributed by atoms with E-state index < -0.39 is 0 Å². The summed E-state index contributed by atoms with van der Waals surface area (Å²) in [4.78, 5) is 11.5. The highest BCUT2D eigenvalue weighted by molar-refractivity contribution is 5.80. The van der Waals surface area contributed by atoms with Gasteiger partial charge in [-0.1, -0.05) is 35.5 Å². The number of nitrogens with zero attached hydrogens (tertiary/aromatic N) is 4. The first-order valence-electron chi connectivity index (χ1n) is 10.8. The van der Waals surface area contributed by atoms with E-state index in [-0.39, 0.29) is 0 Å². The molecule has 0 spiro atoms. The summed E-state index contributed by atoms with van der Waals surface area (Å²) in [6, 6.07) is 11.7. The van der Waals surface area contributed by atoms with Crippen molar-refractivity contribution in [1.82, 2.24) is 25.7 Å². The first-order valence-corrected chi connectivity index (χ1v) is 10.8. The van der Waals surface area contributed by atoms with E-state index in [4.69, 9.17) is 9.52 Å². The molecule has 1 fully saturated rings. The maximum atomic E-state index is 5.16.